The van der Waals surface area contributed by atoms with Crippen LogP contribution in [-0.2, 0) is 0 Å². The molecule has 0 saturated heterocycles. The molecule has 0 radical (unpaired) electrons. The summed E-state index contributed by atoms with van der Waals surface area (Å²) >= 11 is 7.86. The Bertz CT molecular complexity index is 490. The fourth-order valence-corrected chi connectivity index (χ4v) is 1.35. The Labute approximate surface area is 106 Å². The SMILES string of the molecule is O=[N+]([O-])c1cc(Br)ccc1N=C(Cl)C(F)(F)F. The monoisotopic (exact) mass is 330 g/mol. The number of rotatable bonds is 2. The third-order valence-electron chi connectivity index (χ3n) is 1.59. The van der Waals surface area contributed by atoms with E-state index in [1.54, 1.807) is 0 Å². The Morgan fingerprint density at radius 3 is 2.53 bits per heavy atom. The van der Waals surface area contributed by atoms with Gasteiger partial charge in [0.1, 0.15) is 5.69 Å². The van der Waals surface area contributed by atoms with Crippen molar-refractivity contribution in [2.75, 3.05) is 0 Å². The molecule has 0 N–H and O–H groups in total. The molecule has 1 rings (SSSR count). The van der Waals surface area contributed by atoms with E-state index in [9.17, 15) is 23.3 Å². The Morgan fingerprint density at radius 2 is 2.06 bits per heavy atom. The lowest BCUT2D eigenvalue weighted by atomic mass is 10.3. The van der Waals surface area contributed by atoms with Gasteiger partial charge in [0.15, 0.2) is 0 Å². The van der Waals surface area contributed by atoms with Crippen molar-refractivity contribution in [3.05, 3.63) is 32.8 Å². The minimum absolute atomic E-state index is 0.353. The zero-order valence-electron chi connectivity index (χ0n) is 7.83. The summed E-state index contributed by atoms with van der Waals surface area (Å²) in [6, 6.07) is 3.43. The van der Waals surface area contributed by atoms with Gasteiger partial charge in [0.25, 0.3) is 5.69 Å². The molecule has 92 valence electrons. The van der Waals surface area contributed by atoms with Crippen molar-refractivity contribution in [2.24, 2.45) is 4.99 Å². The first-order valence-electron chi connectivity index (χ1n) is 3.97. The summed E-state index contributed by atoms with van der Waals surface area (Å²) in [6.07, 6.45) is -4.83. The molecular formula is C8H3BrClF3N2O2. The smallest absolute Gasteiger partial charge is 0.258 e. The summed E-state index contributed by atoms with van der Waals surface area (Å²) in [7, 11) is 0. The van der Waals surface area contributed by atoms with Crippen LogP contribution >= 0.6 is 27.5 Å². The second-order valence-electron chi connectivity index (χ2n) is 2.79. The number of hydrogen-bond donors (Lipinski definition) is 0. The molecule has 0 aliphatic heterocycles. The molecule has 0 fully saturated rings. The number of halogens is 5. The summed E-state index contributed by atoms with van der Waals surface area (Å²) in [6.45, 7) is 0. The van der Waals surface area contributed by atoms with E-state index < -0.39 is 27.6 Å². The van der Waals surface area contributed by atoms with Gasteiger partial charge in [-0.3, -0.25) is 10.1 Å². The third kappa shape index (κ3) is 3.67. The number of nitro groups is 1. The molecule has 4 nitrogen and oxygen atoms in total. The molecule has 1 aromatic carbocycles. The second-order valence-corrected chi connectivity index (χ2v) is 4.06. The summed E-state index contributed by atoms with van der Waals surface area (Å²) < 4.78 is 36.7. The highest BCUT2D eigenvalue weighted by Crippen LogP contribution is 2.32. The lowest BCUT2D eigenvalue weighted by molar-refractivity contribution is -0.384. The zero-order valence-corrected chi connectivity index (χ0v) is 10.2. The summed E-state index contributed by atoms with van der Waals surface area (Å²) in [5, 5.41) is 8.93. The van der Waals surface area contributed by atoms with E-state index >= 15 is 0 Å². The van der Waals surface area contributed by atoms with E-state index in [1.807, 2.05) is 0 Å². The quantitative estimate of drug-likeness (QED) is 0.463. The van der Waals surface area contributed by atoms with E-state index in [0.717, 1.165) is 12.1 Å². The van der Waals surface area contributed by atoms with Crippen LogP contribution in [0.5, 0.6) is 0 Å². The molecule has 0 heterocycles. The first kappa shape index (κ1) is 13.9. The summed E-state index contributed by atoms with van der Waals surface area (Å²) in [5.41, 5.74) is -1.03. The van der Waals surface area contributed by atoms with Crippen LogP contribution in [0.15, 0.2) is 27.7 Å². The first-order chi connectivity index (χ1) is 7.71. The van der Waals surface area contributed by atoms with E-state index in [4.69, 9.17) is 11.6 Å². The van der Waals surface area contributed by atoms with Gasteiger partial charge >= 0.3 is 6.18 Å². The van der Waals surface area contributed by atoms with Crippen LogP contribution in [0, 0.1) is 10.1 Å². The largest absolute Gasteiger partial charge is 0.444 e. The van der Waals surface area contributed by atoms with Crippen molar-refractivity contribution in [3.8, 4) is 0 Å². The molecule has 9 heteroatoms. The molecule has 0 aliphatic rings. The summed E-state index contributed by atoms with van der Waals surface area (Å²) in [4.78, 5) is 12.7. The highest BCUT2D eigenvalue weighted by molar-refractivity contribution is 9.10. The van der Waals surface area contributed by atoms with Crippen molar-refractivity contribution in [1.29, 1.82) is 0 Å². The van der Waals surface area contributed by atoms with Gasteiger partial charge in [-0.1, -0.05) is 27.5 Å². The van der Waals surface area contributed by atoms with Crippen molar-refractivity contribution in [3.63, 3.8) is 0 Å². The molecule has 17 heavy (non-hydrogen) atoms. The van der Waals surface area contributed by atoms with Crippen LogP contribution < -0.4 is 0 Å². The number of benzene rings is 1. The number of hydrogen-bond acceptors (Lipinski definition) is 3. The fourth-order valence-electron chi connectivity index (χ4n) is 0.907. The van der Waals surface area contributed by atoms with Crippen LogP contribution in [-0.4, -0.2) is 16.3 Å². The Kier molecular flexibility index (Phi) is 4.10. The van der Waals surface area contributed by atoms with E-state index in [-0.39, 0.29) is 0 Å². The van der Waals surface area contributed by atoms with Gasteiger partial charge in [0.05, 0.1) is 4.92 Å². The Hall–Kier alpha value is -1.15. The maximum atomic E-state index is 12.1. The maximum absolute atomic E-state index is 12.1. The van der Waals surface area contributed by atoms with Gasteiger partial charge in [-0.25, -0.2) is 4.99 Å². The van der Waals surface area contributed by atoms with Crippen LogP contribution in [0.4, 0.5) is 24.5 Å². The lowest BCUT2D eigenvalue weighted by Gasteiger charge is -2.03. The fraction of sp³-hybridized carbons (Fsp3) is 0.125. The summed E-state index contributed by atoms with van der Waals surface area (Å²) in [5.74, 6) is 0. The van der Waals surface area contributed by atoms with E-state index in [2.05, 4.69) is 20.9 Å². The van der Waals surface area contributed by atoms with Crippen molar-refractivity contribution < 1.29 is 18.1 Å². The van der Waals surface area contributed by atoms with Gasteiger partial charge in [-0.05, 0) is 12.1 Å². The second kappa shape index (κ2) is 5.01. The molecular weight excluding hydrogens is 328 g/mol. The highest BCUT2D eigenvalue weighted by Gasteiger charge is 2.35. The predicted molar refractivity (Wildman–Crippen MR) is 59.8 cm³/mol. The average Bonchev–Trinajstić information content (AvgIpc) is 2.18. The van der Waals surface area contributed by atoms with Crippen LogP contribution in [0.3, 0.4) is 0 Å². The van der Waals surface area contributed by atoms with Crippen molar-refractivity contribution in [1.82, 2.24) is 0 Å². The number of nitrogens with zero attached hydrogens (tertiary/aromatic N) is 2. The Balaban J connectivity index is 3.28. The van der Waals surface area contributed by atoms with Gasteiger partial charge in [-0.2, -0.15) is 13.2 Å². The minimum atomic E-state index is -4.83. The molecule has 0 bridgehead atoms. The van der Waals surface area contributed by atoms with Crippen LogP contribution in [0.25, 0.3) is 0 Å². The third-order valence-corrected chi connectivity index (χ3v) is 2.38. The molecule has 0 amide bonds. The molecule has 0 atom stereocenters. The van der Waals surface area contributed by atoms with E-state index in [1.165, 1.54) is 6.07 Å². The lowest BCUT2D eigenvalue weighted by Crippen LogP contribution is -2.16. The molecule has 0 spiro atoms. The average molecular weight is 331 g/mol. The Morgan fingerprint density at radius 1 is 1.47 bits per heavy atom. The standard InChI is InChI=1S/C8H3BrClF3N2O2/c9-4-1-2-5(6(3-4)15(16)17)14-7(10)8(11,12)13/h1-3H. The molecule has 0 unspecified atom stereocenters. The number of nitro benzene ring substituents is 1. The number of alkyl halides is 3. The van der Waals surface area contributed by atoms with Crippen molar-refractivity contribution >= 4 is 44.1 Å². The highest BCUT2D eigenvalue weighted by atomic mass is 79.9. The topological polar surface area (TPSA) is 55.5 Å². The normalized spacial score (nSPS) is 12.6. The number of aliphatic imine (C=N–C) groups is 1. The van der Waals surface area contributed by atoms with Gasteiger partial charge in [-0.15, -0.1) is 0 Å². The first-order valence-corrected chi connectivity index (χ1v) is 5.14. The van der Waals surface area contributed by atoms with E-state index in [0.29, 0.717) is 4.47 Å². The van der Waals surface area contributed by atoms with Gasteiger partial charge in [0, 0.05) is 10.5 Å². The molecule has 0 aromatic heterocycles. The zero-order chi connectivity index (χ0) is 13.2. The van der Waals surface area contributed by atoms with Crippen LogP contribution in [0.2, 0.25) is 0 Å². The van der Waals surface area contributed by atoms with Gasteiger partial charge in [0.2, 0.25) is 5.17 Å². The predicted octanol–water partition coefficient (Wildman–Crippen LogP) is 4.19. The molecule has 1 aromatic rings. The molecule has 0 saturated carbocycles. The van der Waals surface area contributed by atoms with Crippen molar-refractivity contribution in [2.45, 2.75) is 6.18 Å². The van der Waals surface area contributed by atoms with Crippen LogP contribution in [0.1, 0.15) is 0 Å². The maximum Gasteiger partial charge on any atom is 0.444 e. The minimum Gasteiger partial charge on any atom is -0.258 e. The molecule has 0 aliphatic carbocycles. The van der Waals surface area contributed by atoms with Gasteiger partial charge < -0.3 is 0 Å².